The van der Waals surface area contributed by atoms with Gasteiger partial charge in [-0.15, -0.1) is 0 Å². The predicted molar refractivity (Wildman–Crippen MR) is 75.6 cm³/mol. The van der Waals surface area contributed by atoms with Gasteiger partial charge in [0.15, 0.2) is 0 Å². The SMILES string of the molecule is CC(C)O.C[C@]1(O)[C@@H]2C[C@@H]3C[C@H]1CC[C@H](C2)[C@@]3(C)O. The number of fused-ring (bicyclic) bond motifs is 1. The molecule has 4 aliphatic carbocycles. The van der Waals surface area contributed by atoms with Crippen molar-refractivity contribution < 1.29 is 15.3 Å². The van der Waals surface area contributed by atoms with Gasteiger partial charge in [-0.3, -0.25) is 0 Å². The van der Waals surface area contributed by atoms with Crippen LogP contribution in [0.25, 0.3) is 0 Å². The van der Waals surface area contributed by atoms with Crippen LogP contribution >= 0.6 is 0 Å². The highest BCUT2D eigenvalue weighted by Gasteiger charge is 2.58. The van der Waals surface area contributed by atoms with Crippen LogP contribution in [-0.2, 0) is 0 Å². The third-order valence-electron chi connectivity index (χ3n) is 5.88. The lowest BCUT2D eigenvalue weighted by molar-refractivity contribution is -0.168. The van der Waals surface area contributed by atoms with Crippen molar-refractivity contribution in [2.45, 2.75) is 77.1 Å². The van der Waals surface area contributed by atoms with E-state index in [0.29, 0.717) is 23.7 Å². The Balaban J connectivity index is 0.000000297. The maximum absolute atomic E-state index is 10.6. The molecule has 0 aromatic rings. The number of hydrogen-bond acceptors (Lipinski definition) is 3. The van der Waals surface area contributed by atoms with Crippen molar-refractivity contribution in [2.75, 3.05) is 0 Å². The van der Waals surface area contributed by atoms with E-state index in [0.717, 1.165) is 32.1 Å². The van der Waals surface area contributed by atoms with Crippen LogP contribution in [-0.4, -0.2) is 32.6 Å². The van der Waals surface area contributed by atoms with Gasteiger partial charge < -0.3 is 15.3 Å². The van der Waals surface area contributed by atoms with Crippen molar-refractivity contribution >= 4 is 0 Å². The molecule has 3 N–H and O–H groups in total. The summed E-state index contributed by atoms with van der Waals surface area (Å²) in [5.41, 5.74) is -0.913. The van der Waals surface area contributed by atoms with E-state index in [1.807, 2.05) is 13.8 Å². The summed E-state index contributed by atoms with van der Waals surface area (Å²) in [6.45, 7) is 7.50. The van der Waals surface area contributed by atoms with E-state index in [4.69, 9.17) is 5.11 Å². The number of rotatable bonds is 0. The molecule has 4 aliphatic rings. The minimum atomic E-state index is -0.457. The molecule has 0 aliphatic heterocycles. The minimum Gasteiger partial charge on any atom is -0.394 e. The van der Waals surface area contributed by atoms with Gasteiger partial charge >= 0.3 is 0 Å². The molecule has 4 fully saturated rings. The van der Waals surface area contributed by atoms with Crippen LogP contribution in [0, 0.1) is 23.7 Å². The van der Waals surface area contributed by atoms with Gasteiger partial charge in [0.25, 0.3) is 0 Å². The second-order valence-corrected chi connectivity index (χ2v) is 7.62. The van der Waals surface area contributed by atoms with E-state index in [1.165, 1.54) is 0 Å². The number of aliphatic hydroxyl groups is 3. The van der Waals surface area contributed by atoms with E-state index in [-0.39, 0.29) is 6.10 Å². The summed E-state index contributed by atoms with van der Waals surface area (Å²) in [7, 11) is 0. The molecule has 4 rings (SSSR count). The van der Waals surface area contributed by atoms with E-state index in [1.54, 1.807) is 13.8 Å². The van der Waals surface area contributed by atoms with Crippen molar-refractivity contribution in [1.29, 1.82) is 0 Å². The van der Waals surface area contributed by atoms with Gasteiger partial charge in [0.2, 0.25) is 0 Å². The summed E-state index contributed by atoms with van der Waals surface area (Å²) in [6, 6.07) is 0. The Morgan fingerprint density at radius 2 is 1.05 bits per heavy atom. The Bertz CT molecular complexity index is 279. The summed E-state index contributed by atoms with van der Waals surface area (Å²) >= 11 is 0. The third kappa shape index (κ3) is 2.70. The second-order valence-electron chi connectivity index (χ2n) is 7.62. The first-order valence-electron chi connectivity index (χ1n) is 7.78. The van der Waals surface area contributed by atoms with Gasteiger partial charge in [0, 0.05) is 6.10 Å². The Kier molecular flexibility index (Phi) is 4.03. The molecule has 4 bridgehead atoms. The molecule has 0 radical (unpaired) electrons. The molecular weight excluding hydrogens is 240 g/mol. The average Bonchev–Trinajstić information content (AvgIpc) is 2.40. The second kappa shape index (κ2) is 5.01. The van der Waals surface area contributed by atoms with Crippen molar-refractivity contribution in [1.82, 2.24) is 0 Å². The van der Waals surface area contributed by atoms with Gasteiger partial charge in [-0.2, -0.15) is 0 Å². The van der Waals surface area contributed by atoms with Gasteiger partial charge in [-0.05, 0) is 83.5 Å². The molecule has 0 aromatic heterocycles. The van der Waals surface area contributed by atoms with Crippen molar-refractivity contribution in [3.05, 3.63) is 0 Å². The lowest BCUT2D eigenvalue weighted by Gasteiger charge is -2.54. The summed E-state index contributed by atoms with van der Waals surface area (Å²) in [5.74, 6) is 1.74. The third-order valence-corrected chi connectivity index (χ3v) is 5.88. The molecule has 4 saturated carbocycles. The smallest absolute Gasteiger partial charge is 0.0676 e. The van der Waals surface area contributed by atoms with Crippen LogP contribution in [0.15, 0.2) is 0 Å². The summed E-state index contributed by atoms with van der Waals surface area (Å²) < 4.78 is 0. The lowest BCUT2D eigenvalue weighted by atomic mass is 9.56. The molecule has 0 saturated heterocycles. The topological polar surface area (TPSA) is 60.7 Å². The van der Waals surface area contributed by atoms with Crippen LogP contribution in [0.1, 0.15) is 59.8 Å². The maximum Gasteiger partial charge on any atom is 0.0676 e. The highest BCUT2D eigenvalue weighted by atomic mass is 16.3. The van der Waals surface area contributed by atoms with Crippen molar-refractivity contribution in [3.8, 4) is 0 Å². The fourth-order valence-electron chi connectivity index (χ4n) is 4.54. The number of aliphatic hydroxyl groups excluding tert-OH is 1. The Labute approximate surface area is 117 Å². The average molecular weight is 270 g/mol. The fraction of sp³-hybridized carbons (Fsp3) is 1.00. The van der Waals surface area contributed by atoms with E-state index in [9.17, 15) is 10.2 Å². The molecule has 0 spiro atoms. The molecule has 0 unspecified atom stereocenters. The molecular formula is C16H30O3. The maximum atomic E-state index is 10.6. The largest absolute Gasteiger partial charge is 0.394 e. The number of hydrogen-bond donors (Lipinski definition) is 3. The summed E-state index contributed by atoms with van der Waals surface area (Å²) in [4.78, 5) is 0. The molecule has 3 heteroatoms. The Morgan fingerprint density at radius 3 is 1.37 bits per heavy atom. The first kappa shape index (κ1) is 15.3. The quantitative estimate of drug-likeness (QED) is 0.633. The van der Waals surface area contributed by atoms with Crippen LogP contribution < -0.4 is 0 Å². The zero-order valence-corrected chi connectivity index (χ0v) is 12.8. The lowest BCUT2D eigenvalue weighted by Crippen LogP contribution is -2.56. The molecule has 3 nitrogen and oxygen atoms in total. The van der Waals surface area contributed by atoms with Crippen LogP contribution in [0.4, 0.5) is 0 Å². The van der Waals surface area contributed by atoms with Crippen molar-refractivity contribution in [2.24, 2.45) is 23.7 Å². The Hall–Kier alpha value is -0.120. The van der Waals surface area contributed by atoms with Crippen LogP contribution in [0.5, 0.6) is 0 Å². The zero-order chi connectivity index (χ0) is 14.4. The Morgan fingerprint density at radius 1 is 0.789 bits per heavy atom. The highest BCUT2D eigenvalue weighted by Crippen LogP contribution is 2.59. The standard InChI is InChI=1S/C13H22O2.C3H8O/c1-12(14)8-3-4-9-6-10(12)7-11(5-8)13(9,2)15;1-3(2)4/h8-11,14-15H,3-7H2,1-2H3;3-4H,1-2H3/t8-,9-,10+,11+,12-,13-;/m1./s1. The van der Waals surface area contributed by atoms with Gasteiger partial charge in [-0.1, -0.05) is 0 Å². The van der Waals surface area contributed by atoms with Crippen molar-refractivity contribution in [3.63, 3.8) is 0 Å². The van der Waals surface area contributed by atoms with E-state index >= 15 is 0 Å². The molecule has 0 heterocycles. The van der Waals surface area contributed by atoms with Gasteiger partial charge in [-0.25, -0.2) is 0 Å². The van der Waals surface area contributed by atoms with E-state index in [2.05, 4.69) is 0 Å². The molecule has 112 valence electrons. The highest BCUT2D eigenvalue weighted by molar-refractivity contribution is 5.09. The summed E-state index contributed by atoms with van der Waals surface area (Å²) in [5, 5.41) is 29.2. The summed E-state index contributed by atoms with van der Waals surface area (Å²) in [6.07, 6.45) is 5.16. The van der Waals surface area contributed by atoms with Crippen LogP contribution in [0.3, 0.4) is 0 Å². The fourth-order valence-corrected chi connectivity index (χ4v) is 4.54. The minimum absolute atomic E-state index is 0.167. The first-order chi connectivity index (χ1) is 8.65. The monoisotopic (exact) mass is 270 g/mol. The predicted octanol–water partition coefficient (Wildman–Crippen LogP) is 2.33. The van der Waals surface area contributed by atoms with Gasteiger partial charge in [0.05, 0.1) is 11.2 Å². The molecule has 19 heavy (non-hydrogen) atoms. The molecule has 0 amide bonds. The van der Waals surface area contributed by atoms with E-state index < -0.39 is 11.2 Å². The molecule has 6 atom stereocenters. The van der Waals surface area contributed by atoms with Gasteiger partial charge in [0.1, 0.15) is 0 Å². The normalized spacial score (nSPS) is 51.8. The van der Waals surface area contributed by atoms with Crippen LogP contribution in [0.2, 0.25) is 0 Å². The zero-order valence-electron chi connectivity index (χ0n) is 12.8. The first-order valence-corrected chi connectivity index (χ1v) is 7.78. The molecule has 0 aromatic carbocycles.